The van der Waals surface area contributed by atoms with Crippen LogP contribution in [0, 0.1) is 0 Å². The molecule has 98 valence electrons. The Morgan fingerprint density at radius 2 is 2.17 bits per heavy atom. The maximum atomic E-state index is 11.9. The predicted octanol–water partition coefficient (Wildman–Crippen LogP) is 1.67. The number of methoxy groups -OCH3 is 1. The monoisotopic (exact) mass is 269 g/mol. The number of nitrogens with zero attached hydrogens (tertiary/aromatic N) is 3. The van der Waals surface area contributed by atoms with Gasteiger partial charge in [0.2, 0.25) is 0 Å². The van der Waals surface area contributed by atoms with Crippen molar-refractivity contribution in [3.63, 3.8) is 0 Å². The molecule has 0 spiro atoms. The Labute approximate surface area is 110 Å². The summed E-state index contributed by atoms with van der Waals surface area (Å²) in [5, 5.41) is 0.167. The highest BCUT2D eigenvalue weighted by atomic mass is 35.5. The number of rotatable bonds is 1. The minimum absolute atomic E-state index is 0.167. The lowest BCUT2D eigenvalue weighted by atomic mass is 9.97. The molecule has 0 bridgehead atoms. The summed E-state index contributed by atoms with van der Waals surface area (Å²) in [6, 6.07) is 0.505. The highest BCUT2D eigenvalue weighted by molar-refractivity contribution is 6.31. The smallest absolute Gasteiger partial charge is 0.350 e. The molecular weight excluding hydrogens is 254 g/mol. The normalized spacial score (nSPS) is 22.3. The van der Waals surface area contributed by atoms with E-state index in [1.165, 1.54) is 12.8 Å². The van der Waals surface area contributed by atoms with E-state index in [1.54, 1.807) is 11.7 Å². The first kappa shape index (κ1) is 11.8. The summed E-state index contributed by atoms with van der Waals surface area (Å²) >= 11 is 6.02. The number of hydrogen-bond donors (Lipinski definition) is 0. The molecule has 0 unspecified atom stereocenters. The number of ether oxygens (including phenoxy) is 1. The molecule has 0 aromatic carbocycles. The van der Waals surface area contributed by atoms with Crippen LogP contribution in [-0.4, -0.2) is 29.2 Å². The van der Waals surface area contributed by atoms with E-state index in [-0.39, 0.29) is 10.8 Å². The molecule has 0 amide bonds. The second-order valence-corrected chi connectivity index (χ2v) is 5.18. The maximum absolute atomic E-state index is 11.9. The van der Waals surface area contributed by atoms with E-state index >= 15 is 0 Å². The van der Waals surface area contributed by atoms with Crippen molar-refractivity contribution in [1.29, 1.82) is 0 Å². The Hall–Kier alpha value is -1.23. The third kappa shape index (κ3) is 1.68. The first-order valence-electron chi connectivity index (χ1n) is 6.33. The molecule has 1 saturated heterocycles. The number of hydrogen-bond acceptors (Lipinski definition) is 4. The molecule has 2 aliphatic rings. The fourth-order valence-electron chi connectivity index (χ4n) is 3.02. The molecule has 1 aromatic rings. The molecular formula is C12H16ClN3O2. The molecule has 2 aliphatic heterocycles. The molecule has 6 heteroatoms. The Kier molecular flexibility index (Phi) is 2.93. The molecule has 1 atom stereocenters. The Bertz CT molecular complexity index is 529. The molecule has 18 heavy (non-hydrogen) atoms. The van der Waals surface area contributed by atoms with Crippen molar-refractivity contribution in [2.45, 2.75) is 38.3 Å². The van der Waals surface area contributed by atoms with Crippen LogP contribution in [0.25, 0.3) is 0 Å². The van der Waals surface area contributed by atoms with E-state index in [9.17, 15) is 4.79 Å². The summed E-state index contributed by atoms with van der Waals surface area (Å²) < 4.78 is 7.04. The lowest BCUT2D eigenvalue weighted by Gasteiger charge is -2.42. The van der Waals surface area contributed by atoms with Crippen LogP contribution in [0.5, 0.6) is 5.75 Å². The molecule has 5 nitrogen and oxygen atoms in total. The zero-order chi connectivity index (χ0) is 12.7. The Morgan fingerprint density at radius 1 is 1.33 bits per heavy atom. The standard InChI is InChI=1S/C12H16ClN3O2/c1-18-9-10(13)14-12(17)16-7-5-8-4-2-3-6-15(8)11(9)16/h8H,2-7H2,1H3/t8-/m0/s1. The minimum Gasteiger partial charge on any atom is -0.490 e. The van der Waals surface area contributed by atoms with Crippen LogP contribution < -0.4 is 15.3 Å². The number of aromatic nitrogens is 2. The second kappa shape index (κ2) is 4.46. The first-order valence-corrected chi connectivity index (χ1v) is 6.71. The average molecular weight is 270 g/mol. The second-order valence-electron chi connectivity index (χ2n) is 4.83. The van der Waals surface area contributed by atoms with Gasteiger partial charge in [0, 0.05) is 19.1 Å². The minimum atomic E-state index is -0.278. The van der Waals surface area contributed by atoms with E-state index < -0.39 is 0 Å². The first-order chi connectivity index (χ1) is 8.72. The van der Waals surface area contributed by atoms with Gasteiger partial charge in [0.25, 0.3) is 0 Å². The largest absolute Gasteiger partial charge is 0.490 e. The van der Waals surface area contributed by atoms with Gasteiger partial charge in [-0.1, -0.05) is 11.6 Å². The van der Waals surface area contributed by atoms with Gasteiger partial charge in [-0.2, -0.15) is 4.98 Å². The van der Waals surface area contributed by atoms with Crippen LogP contribution in [-0.2, 0) is 6.54 Å². The summed E-state index contributed by atoms with van der Waals surface area (Å²) in [5.41, 5.74) is -0.278. The van der Waals surface area contributed by atoms with Crippen molar-refractivity contribution in [3.8, 4) is 5.75 Å². The predicted molar refractivity (Wildman–Crippen MR) is 69.7 cm³/mol. The SMILES string of the molecule is COc1c(Cl)nc(=O)n2c1N1CCCC[C@H]1CC2. The average Bonchev–Trinajstić information content (AvgIpc) is 2.39. The highest BCUT2D eigenvalue weighted by Crippen LogP contribution is 2.39. The van der Waals surface area contributed by atoms with Gasteiger partial charge in [-0.25, -0.2) is 4.79 Å². The lowest BCUT2D eigenvalue weighted by Crippen LogP contribution is -2.47. The fourth-order valence-corrected chi connectivity index (χ4v) is 3.25. The summed E-state index contributed by atoms with van der Waals surface area (Å²) in [6.45, 7) is 1.66. The number of anilines is 1. The fraction of sp³-hybridized carbons (Fsp3) is 0.667. The third-order valence-electron chi connectivity index (χ3n) is 3.86. The van der Waals surface area contributed by atoms with Crippen LogP contribution in [0.4, 0.5) is 5.82 Å². The zero-order valence-electron chi connectivity index (χ0n) is 10.4. The van der Waals surface area contributed by atoms with Crippen molar-refractivity contribution < 1.29 is 4.74 Å². The van der Waals surface area contributed by atoms with E-state index in [1.807, 2.05) is 0 Å². The Balaban J connectivity index is 2.18. The van der Waals surface area contributed by atoms with Gasteiger partial charge in [-0.3, -0.25) is 4.57 Å². The topological polar surface area (TPSA) is 47.4 Å². The van der Waals surface area contributed by atoms with E-state index in [2.05, 4.69) is 9.88 Å². The molecule has 0 radical (unpaired) electrons. The highest BCUT2D eigenvalue weighted by Gasteiger charge is 2.33. The number of piperidine rings is 1. The maximum Gasteiger partial charge on any atom is 0.350 e. The summed E-state index contributed by atoms with van der Waals surface area (Å²) in [5.74, 6) is 1.35. The van der Waals surface area contributed by atoms with Crippen LogP contribution in [0.15, 0.2) is 4.79 Å². The molecule has 1 aromatic heterocycles. The van der Waals surface area contributed by atoms with E-state index in [4.69, 9.17) is 16.3 Å². The van der Waals surface area contributed by atoms with Crippen LogP contribution in [0.1, 0.15) is 25.7 Å². The molecule has 0 N–H and O–H groups in total. The third-order valence-corrected chi connectivity index (χ3v) is 4.12. The number of halogens is 1. The molecule has 0 aliphatic carbocycles. The van der Waals surface area contributed by atoms with Crippen molar-refractivity contribution in [2.75, 3.05) is 18.6 Å². The number of fused-ring (bicyclic) bond motifs is 3. The van der Waals surface area contributed by atoms with Gasteiger partial charge in [0.05, 0.1) is 7.11 Å². The zero-order valence-corrected chi connectivity index (χ0v) is 11.1. The Morgan fingerprint density at radius 3 is 2.94 bits per heavy atom. The van der Waals surface area contributed by atoms with Crippen LogP contribution in [0.2, 0.25) is 5.15 Å². The van der Waals surface area contributed by atoms with Gasteiger partial charge in [0.15, 0.2) is 16.7 Å². The van der Waals surface area contributed by atoms with Crippen LogP contribution >= 0.6 is 11.6 Å². The van der Waals surface area contributed by atoms with Gasteiger partial charge in [-0.05, 0) is 25.7 Å². The van der Waals surface area contributed by atoms with E-state index in [0.29, 0.717) is 18.3 Å². The molecule has 3 rings (SSSR count). The quantitative estimate of drug-likeness (QED) is 0.728. The van der Waals surface area contributed by atoms with Crippen molar-refractivity contribution in [2.24, 2.45) is 0 Å². The summed E-state index contributed by atoms with van der Waals surface area (Å²) in [7, 11) is 1.57. The van der Waals surface area contributed by atoms with Gasteiger partial charge >= 0.3 is 5.69 Å². The van der Waals surface area contributed by atoms with E-state index in [0.717, 1.165) is 25.2 Å². The molecule has 3 heterocycles. The lowest BCUT2D eigenvalue weighted by molar-refractivity contribution is 0.350. The molecule has 1 fully saturated rings. The van der Waals surface area contributed by atoms with Gasteiger partial charge in [-0.15, -0.1) is 0 Å². The van der Waals surface area contributed by atoms with Crippen molar-refractivity contribution >= 4 is 17.4 Å². The van der Waals surface area contributed by atoms with Crippen LogP contribution in [0.3, 0.4) is 0 Å². The summed E-state index contributed by atoms with van der Waals surface area (Å²) in [6.07, 6.45) is 4.58. The van der Waals surface area contributed by atoms with Crippen molar-refractivity contribution in [1.82, 2.24) is 9.55 Å². The van der Waals surface area contributed by atoms with Gasteiger partial charge < -0.3 is 9.64 Å². The molecule has 0 saturated carbocycles. The van der Waals surface area contributed by atoms with Crippen molar-refractivity contribution in [3.05, 3.63) is 15.6 Å². The van der Waals surface area contributed by atoms with Gasteiger partial charge in [0.1, 0.15) is 0 Å². The summed E-state index contributed by atoms with van der Waals surface area (Å²) in [4.78, 5) is 18.0.